The van der Waals surface area contributed by atoms with E-state index in [1.807, 2.05) is 0 Å². The van der Waals surface area contributed by atoms with Crippen LogP contribution in [0.15, 0.2) is 0 Å². The molecule has 5 N–H and O–H groups in total. The molecule has 0 spiro atoms. The topological polar surface area (TPSA) is 72.3 Å². The summed E-state index contributed by atoms with van der Waals surface area (Å²) in [5, 5.41) is 10.0. The Morgan fingerprint density at radius 3 is 1.81 bits per heavy atom. The number of unbranched alkanes of at least 4 members (excludes halogenated alkanes) is 7. The maximum absolute atomic E-state index is 10.0. The molecule has 0 bridgehead atoms. The van der Waals surface area contributed by atoms with E-state index in [2.05, 4.69) is 13.8 Å². The van der Waals surface area contributed by atoms with Crippen molar-refractivity contribution in [1.29, 1.82) is 0 Å². The van der Waals surface area contributed by atoms with Crippen LogP contribution in [-0.2, 0) is 0 Å². The Labute approximate surface area is 132 Å². The second kappa shape index (κ2) is 14.8. The highest BCUT2D eigenvalue weighted by Gasteiger charge is 2.13. The molecule has 0 aromatic rings. The highest BCUT2D eigenvalue weighted by molar-refractivity contribution is 4.73. The van der Waals surface area contributed by atoms with Crippen molar-refractivity contribution in [1.82, 2.24) is 0 Å². The number of aliphatic hydroxyl groups excluding tert-OH is 1. The third kappa shape index (κ3) is 14.6. The highest BCUT2D eigenvalue weighted by atomic mass is 16.3. The minimum absolute atomic E-state index is 0.0515. The average molecular weight is 301 g/mol. The minimum atomic E-state index is -0.242. The number of nitrogens with two attached hydrogens (primary N) is 2. The fraction of sp³-hybridized carbons (Fsp3) is 1.00. The summed E-state index contributed by atoms with van der Waals surface area (Å²) in [6.45, 7) is 4.39. The van der Waals surface area contributed by atoms with Crippen molar-refractivity contribution >= 4 is 0 Å². The molecule has 0 aromatic heterocycles. The summed E-state index contributed by atoms with van der Waals surface area (Å²) in [5.41, 5.74) is 12.1. The molecule has 0 aliphatic carbocycles. The first-order chi connectivity index (χ1) is 10.1. The molecule has 0 saturated heterocycles. The van der Waals surface area contributed by atoms with Crippen LogP contribution in [0.4, 0.5) is 0 Å². The summed E-state index contributed by atoms with van der Waals surface area (Å²) in [7, 11) is 0. The highest BCUT2D eigenvalue weighted by Crippen LogP contribution is 2.13. The normalized spacial score (nSPS) is 15.9. The number of hydrogen-bond acceptors (Lipinski definition) is 3. The average Bonchev–Trinajstić information content (AvgIpc) is 2.41. The predicted octanol–water partition coefficient (Wildman–Crippen LogP) is 4.11. The maximum atomic E-state index is 10.0. The predicted molar refractivity (Wildman–Crippen MR) is 93.3 cm³/mol. The second-order valence-electron chi connectivity index (χ2n) is 6.70. The molecule has 3 atom stereocenters. The maximum Gasteiger partial charge on any atom is 0.0555 e. The van der Waals surface area contributed by atoms with Gasteiger partial charge in [0, 0.05) is 12.1 Å². The number of aliphatic hydroxyl groups is 1. The van der Waals surface area contributed by atoms with Gasteiger partial charge >= 0.3 is 0 Å². The molecule has 0 saturated carbocycles. The van der Waals surface area contributed by atoms with Gasteiger partial charge in [-0.05, 0) is 25.7 Å². The molecule has 0 aliphatic rings. The largest absolute Gasteiger partial charge is 0.393 e. The van der Waals surface area contributed by atoms with Crippen LogP contribution in [0.2, 0.25) is 0 Å². The second-order valence-corrected chi connectivity index (χ2v) is 6.70. The zero-order chi connectivity index (χ0) is 15.9. The van der Waals surface area contributed by atoms with Crippen molar-refractivity contribution in [2.75, 3.05) is 0 Å². The lowest BCUT2D eigenvalue weighted by atomic mass is 9.97. The molecule has 0 heterocycles. The smallest absolute Gasteiger partial charge is 0.0555 e. The zero-order valence-corrected chi connectivity index (χ0v) is 14.5. The molecule has 0 amide bonds. The quantitative estimate of drug-likeness (QED) is 0.398. The van der Waals surface area contributed by atoms with Gasteiger partial charge in [0.05, 0.1) is 6.10 Å². The Morgan fingerprint density at radius 1 is 0.667 bits per heavy atom. The van der Waals surface area contributed by atoms with E-state index in [0.717, 1.165) is 32.1 Å². The van der Waals surface area contributed by atoms with Gasteiger partial charge in [0.25, 0.3) is 0 Å². The summed E-state index contributed by atoms with van der Waals surface area (Å²) in [6.07, 6.45) is 14.8. The first kappa shape index (κ1) is 20.9. The van der Waals surface area contributed by atoms with Crippen molar-refractivity contribution in [2.24, 2.45) is 11.5 Å². The zero-order valence-electron chi connectivity index (χ0n) is 14.5. The Morgan fingerprint density at radius 2 is 1.24 bits per heavy atom. The van der Waals surface area contributed by atoms with Crippen molar-refractivity contribution in [2.45, 2.75) is 116 Å². The number of rotatable bonds is 15. The third-order valence-electron chi connectivity index (χ3n) is 4.23. The lowest BCUT2D eigenvalue weighted by molar-refractivity contribution is 0.139. The molecule has 0 rings (SSSR count). The summed E-state index contributed by atoms with van der Waals surface area (Å²) in [6, 6.07) is 0.246. The van der Waals surface area contributed by atoms with Crippen LogP contribution in [0.3, 0.4) is 0 Å². The van der Waals surface area contributed by atoms with Crippen LogP contribution in [0.5, 0.6) is 0 Å². The van der Waals surface area contributed by atoms with Crippen molar-refractivity contribution in [3.8, 4) is 0 Å². The molecular formula is C18H40N2O. The van der Waals surface area contributed by atoms with Crippen LogP contribution in [0, 0.1) is 0 Å². The number of hydrogen-bond donors (Lipinski definition) is 3. The molecular weight excluding hydrogens is 260 g/mol. The van der Waals surface area contributed by atoms with E-state index in [9.17, 15) is 5.11 Å². The SMILES string of the molecule is CCCCCCCCCC[C@@H](O)C[C@@H](N)C[C@@H](N)CCC. The molecule has 0 fully saturated rings. The van der Waals surface area contributed by atoms with E-state index in [1.54, 1.807) is 0 Å². The summed E-state index contributed by atoms with van der Waals surface area (Å²) >= 11 is 0. The molecule has 3 heteroatoms. The van der Waals surface area contributed by atoms with Gasteiger partial charge in [-0.15, -0.1) is 0 Å². The Balaban J connectivity index is 3.42. The van der Waals surface area contributed by atoms with Crippen LogP contribution in [0.25, 0.3) is 0 Å². The van der Waals surface area contributed by atoms with Gasteiger partial charge in [0.2, 0.25) is 0 Å². The van der Waals surface area contributed by atoms with Gasteiger partial charge in [0.15, 0.2) is 0 Å². The lowest BCUT2D eigenvalue weighted by Gasteiger charge is -2.19. The van der Waals surface area contributed by atoms with Crippen LogP contribution in [0.1, 0.15) is 97.3 Å². The van der Waals surface area contributed by atoms with E-state index in [0.29, 0.717) is 6.42 Å². The van der Waals surface area contributed by atoms with Crippen LogP contribution in [-0.4, -0.2) is 23.3 Å². The van der Waals surface area contributed by atoms with E-state index < -0.39 is 0 Å². The van der Waals surface area contributed by atoms with Gasteiger partial charge in [-0.3, -0.25) is 0 Å². The van der Waals surface area contributed by atoms with E-state index in [1.165, 1.54) is 44.9 Å². The molecule has 0 aromatic carbocycles. The molecule has 0 radical (unpaired) electrons. The third-order valence-corrected chi connectivity index (χ3v) is 4.23. The van der Waals surface area contributed by atoms with Gasteiger partial charge in [-0.1, -0.05) is 71.6 Å². The first-order valence-electron chi connectivity index (χ1n) is 9.29. The summed E-state index contributed by atoms with van der Waals surface area (Å²) in [4.78, 5) is 0. The minimum Gasteiger partial charge on any atom is -0.393 e. The fourth-order valence-electron chi connectivity index (χ4n) is 2.95. The fourth-order valence-corrected chi connectivity index (χ4v) is 2.95. The summed E-state index contributed by atoms with van der Waals surface area (Å²) < 4.78 is 0. The Kier molecular flexibility index (Phi) is 14.7. The Hall–Kier alpha value is -0.120. The molecule has 0 unspecified atom stereocenters. The van der Waals surface area contributed by atoms with E-state index in [-0.39, 0.29) is 18.2 Å². The summed E-state index contributed by atoms with van der Waals surface area (Å²) in [5.74, 6) is 0. The van der Waals surface area contributed by atoms with Crippen molar-refractivity contribution in [3.05, 3.63) is 0 Å². The van der Waals surface area contributed by atoms with Crippen molar-refractivity contribution < 1.29 is 5.11 Å². The standard InChI is InChI=1S/C18H40N2O/c1-3-5-6-7-8-9-10-11-13-18(21)15-17(20)14-16(19)12-4-2/h16-18,21H,3-15,19-20H2,1-2H3/t16-,17-,18+/m0/s1. The molecule has 128 valence electrons. The Bertz CT molecular complexity index is 211. The molecule has 3 nitrogen and oxygen atoms in total. The lowest BCUT2D eigenvalue weighted by Crippen LogP contribution is -2.34. The van der Waals surface area contributed by atoms with Gasteiger partial charge < -0.3 is 16.6 Å². The van der Waals surface area contributed by atoms with Gasteiger partial charge in [0.1, 0.15) is 0 Å². The van der Waals surface area contributed by atoms with E-state index >= 15 is 0 Å². The van der Waals surface area contributed by atoms with Crippen LogP contribution < -0.4 is 11.5 Å². The molecule has 21 heavy (non-hydrogen) atoms. The van der Waals surface area contributed by atoms with Gasteiger partial charge in [-0.2, -0.15) is 0 Å². The van der Waals surface area contributed by atoms with E-state index in [4.69, 9.17) is 11.5 Å². The van der Waals surface area contributed by atoms with Crippen LogP contribution >= 0.6 is 0 Å². The first-order valence-corrected chi connectivity index (χ1v) is 9.29. The van der Waals surface area contributed by atoms with Crippen molar-refractivity contribution in [3.63, 3.8) is 0 Å². The van der Waals surface area contributed by atoms with Gasteiger partial charge in [-0.25, -0.2) is 0 Å². The monoisotopic (exact) mass is 300 g/mol. The molecule has 0 aliphatic heterocycles.